The molecule has 0 aromatic heterocycles. The fourth-order valence-electron chi connectivity index (χ4n) is 6.84. The quantitative estimate of drug-likeness (QED) is 0.272. The van der Waals surface area contributed by atoms with E-state index in [-0.39, 0.29) is 35.5 Å². The number of halogens is 1. The van der Waals surface area contributed by atoms with Crippen LogP contribution in [0.4, 0.5) is 5.69 Å². The van der Waals surface area contributed by atoms with E-state index in [1.807, 2.05) is 25.1 Å². The summed E-state index contributed by atoms with van der Waals surface area (Å²) in [5.41, 5.74) is 3.90. The van der Waals surface area contributed by atoms with Crippen LogP contribution in [-0.4, -0.2) is 60.0 Å². The number of fused-ring (bicyclic) bond motifs is 2. The van der Waals surface area contributed by atoms with Gasteiger partial charge >= 0.3 is 0 Å². The van der Waals surface area contributed by atoms with Crippen molar-refractivity contribution in [2.45, 2.75) is 64.0 Å². The van der Waals surface area contributed by atoms with Crippen LogP contribution in [0.5, 0.6) is 5.75 Å². The molecule has 7 atom stereocenters. The molecule has 2 aliphatic heterocycles. The van der Waals surface area contributed by atoms with Crippen LogP contribution in [0.15, 0.2) is 48.6 Å². The SMILES string of the molecule is CCCc1cc(Cl)ccc1C1COc2ccc3cc2N(C1)CC1CCC1C(COCCO)/C=C/CC(C)C(C)S(=O)NC3=O. The highest BCUT2D eigenvalue weighted by atomic mass is 35.5. The van der Waals surface area contributed by atoms with E-state index >= 15 is 0 Å². The normalized spacial score (nSPS) is 29.9. The van der Waals surface area contributed by atoms with Crippen LogP contribution in [0.25, 0.3) is 0 Å². The highest BCUT2D eigenvalue weighted by Gasteiger charge is 2.39. The van der Waals surface area contributed by atoms with Crippen molar-refractivity contribution in [3.63, 3.8) is 0 Å². The Balaban J connectivity index is 1.52. The van der Waals surface area contributed by atoms with E-state index in [0.29, 0.717) is 37.2 Å². The zero-order chi connectivity index (χ0) is 31.2. The van der Waals surface area contributed by atoms with Crippen LogP contribution in [-0.2, 0) is 22.1 Å². The molecule has 7 unspecified atom stereocenters. The Hall–Kier alpha value is -2.39. The summed E-state index contributed by atoms with van der Waals surface area (Å²) < 4.78 is 28.3. The third-order valence-electron chi connectivity index (χ3n) is 9.76. The van der Waals surface area contributed by atoms with Crippen molar-refractivity contribution in [2.24, 2.45) is 23.7 Å². The number of aliphatic hydroxyl groups excluding tert-OH is 1. The van der Waals surface area contributed by atoms with E-state index in [4.69, 9.17) is 21.1 Å². The second kappa shape index (κ2) is 15.3. The van der Waals surface area contributed by atoms with Gasteiger partial charge in [0.2, 0.25) is 0 Å². The maximum atomic E-state index is 13.4. The summed E-state index contributed by atoms with van der Waals surface area (Å²) in [6.07, 6.45) is 9.46. The topological polar surface area (TPSA) is 88.1 Å². The van der Waals surface area contributed by atoms with Crippen LogP contribution in [0.1, 0.15) is 73.9 Å². The van der Waals surface area contributed by atoms with Crippen molar-refractivity contribution in [3.8, 4) is 5.75 Å². The number of nitrogens with one attached hydrogen (secondary N) is 1. The van der Waals surface area contributed by atoms with Gasteiger partial charge in [0.15, 0.2) is 0 Å². The lowest BCUT2D eigenvalue weighted by Crippen LogP contribution is -2.43. The highest BCUT2D eigenvalue weighted by molar-refractivity contribution is 7.84. The molecule has 1 fully saturated rings. The Morgan fingerprint density at radius 2 is 2.00 bits per heavy atom. The lowest BCUT2D eigenvalue weighted by Gasteiger charge is -2.44. The first-order valence-electron chi connectivity index (χ1n) is 16.2. The van der Waals surface area contributed by atoms with E-state index in [0.717, 1.165) is 61.7 Å². The van der Waals surface area contributed by atoms with Crippen LogP contribution in [0, 0.1) is 23.7 Å². The standard InChI is InChI=1S/C35H47ClN2O5S/c1-4-6-25-17-30(36)11-13-31(25)29-20-38-19-27-9-12-32(27)28(21-42-16-15-39)8-5-7-23(2)24(3)44(41)37-35(40)26-10-14-34(43-22-29)33(38)18-26/h5,8,10-11,13-14,17-18,23-24,27-29,32,39H,4,6-7,9,12,15-16,19-22H2,1-3H3,(H,37,40)/b8-5+. The highest BCUT2D eigenvalue weighted by Crippen LogP contribution is 2.44. The van der Waals surface area contributed by atoms with Crippen LogP contribution in [0.2, 0.25) is 5.02 Å². The molecule has 2 aromatic rings. The molecule has 0 radical (unpaired) electrons. The van der Waals surface area contributed by atoms with Crippen LogP contribution >= 0.6 is 11.6 Å². The molecule has 2 aromatic carbocycles. The van der Waals surface area contributed by atoms with Crippen molar-refractivity contribution >= 4 is 34.2 Å². The first-order chi connectivity index (χ1) is 21.3. The van der Waals surface area contributed by atoms with Gasteiger partial charge in [0, 0.05) is 35.5 Å². The molecular formula is C35H47ClN2O5S. The summed E-state index contributed by atoms with van der Waals surface area (Å²) in [7, 11) is -1.53. The van der Waals surface area contributed by atoms with Crippen molar-refractivity contribution in [2.75, 3.05) is 44.4 Å². The number of ether oxygens (including phenoxy) is 2. The molecule has 9 heteroatoms. The Bertz CT molecular complexity index is 1350. The maximum absolute atomic E-state index is 13.4. The van der Waals surface area contributed by atoms with Gasteiger partial charge in [0.05, 0.1) is 37.4 Å². The fourth-order valence-corrected chi connectivity index (χ4v) is 8.06. The molecular weight excluding hydrogens is 596 g/mol. The number of anilines is 1. The zero-order valence-corrected chi connectivity index (χ0v) is 27.7. The minimum atomic E-state index is -1.53. The van der Waals surface area contributed by atoms with Gasteiger partial charge in [0.1, 0.15) is 16.7 Å². The number of benzene rings is 2. The summed E-state index contributed by atoms with van der Waals surface area (Å²) in [6, 6.07) is 11.8. The number of amides is 1. The van der Waals surface area contributed by atoms with E-state index in [2.05, 4.69) is 47.8 Å². The molecule has 1 aliphatic carbocycles. The fraction of sp³-hybridized carbons (Fsp3) is 0.571. The summed E-state index contributed by atoms with van der Waals surface area (Å²) in [5, 5.41) is 9.88. The average molecular weight is 643 g/mol. The number of allylic oxidation sites excluding steroid dienone is 1. The smallest absolute Gasteiger partial charge is 0.263 e. The first kappa shape index (κ1) is 33.0. The molecule has 44 heavy (non-hydrogen) atoms. The van der Waals surface area contributed by atoms with E-state index < -0.39 is 11.0 Å². The Labute approximate surface area is 269 Å². The van der Waals surface area contributed by atoms with Gasteiger partial charge < -0.3 is 19.5 Å². The van der Waals surface area contributed by atoms with Gasteiger partial charge in [-0.05, 0) is 91.8 Å². The number of carbonyl (C=O) groups is 1. The number of aryl methyl sites for hydroxylation is 1. The summed E-state index contributed by atoms with van der Waals surface area (Å²) in [5.74, 6) is 1.80. The monoisotopic (exact) mass is 642 g/mol. The number of hydrogen-bond acceptors (Lipinski definition) is 6. The Morgan fingerprint density at radius 1 is 1.16 bits per heavy atom. The number of nitrogens with zero attached hydrogens (tertiary/aromatic N) is 1. The number of rotatable bonds is 7. The summed E-state index contributed by atoms with van der Waals surface area (Å²) in [6.45, 7) is 9.21. The Morgan fingerprint density at radius 3 is 2.75 bits per heavy atom. The minimum Gasteiger partial charge on any atom is -0.491 e. The Kier molecular flexibility index (Phi) is 11.4. The first-order valence-corrected chi connectivity index (χ1v) is 17.7. The van der Waals surface area contributed by atoms with E-state index in [9.17, 15) is 14.1 Å². The molecule has 3 aliphatic rings. The predicted molar refractivity (Wildman–Crippen MR) is 178 cm³/mol. The molecule has 5 rings (SSSR count). The summed E-state index contributed by atoms with van der Waals surface area (Å²) >= 11 is 6.42. The van der Waals surface area contributed by atoms with Gasteiger partial charge in [0.25, 0.3) is 5.91 Å². The molecule has 0 spiro atoms. The second-order valence-electron chi connectivity index (χ2n) is 12.7. The third kappa shape index (κ3) is 7.69. The van der Waals surface area contributed by atoms with Crippen molar-refractivity contribution in [1.82, 2.24) is 4.72 Å². The average Bonchev–Trinajstić information content (AvgIpc) is 3.17. The molecule has 7 nitrogen and oxygen atoms in total. The van der Waals surface area contributed by atoms with Crippen molar-refractivity contribution in [1.29, 1.82) is 0 Å². The zero-order valence-electron chi connectivity index (χ0n) is 26.2. The van der Waals surface area contributed by atoms with Gasteiger partial charge in [-0.1, -0.05) is 50.1 Å². The van der Waals surface area contributed by atoms with E-state index in [1.54, 1.807) is 6.07 Å². The molecule has 2 N–H and O–H groups in total. The molecule has 2 heterocycles. The second-order valence-corrected chi connectivity index (χ2v) is 14.7. The molecule has 1 saturated carbocycles. The van der Waals surface area contributed by atoms with Gasteiger partial charge in [-0.2, -0.15) is 0 Å². The number of aliphatic hydroxyl groups is 1. The number of carbonyl (C=O) groups excluding carboxylic acids is 1. The summed E-state index contributed by atoms with van der Waals surface area (Å²) in [4.78, 5) is 15.8. The van der Waals surface area contributed by atoms with Gasteiger partial charge in [-0.15, -0.1) is 0 Å². The number of hydrogen-bond donors (Lipinski definition) is 2. The lowest BCUT2D eigenvalue weighted by atomic mass is 9.66. The predicted octanol–water partition coefficient (Wildman–Crippen LogP) is 6.30. The van der Waals surface area contributed by atoms with Gasteiger partial charge in [-0.25, -0.2) is 4.21 Å². The lowest BCUT2D eigenvalue weighted by molar-refractivity contribution is 0.0307. The molecule has 2 bridgehead atoms. The maximum Gasteiger partial charge on any atom is 0.263 e. The molecule has 0 saturated heterocycles. The van der Waals surface area contributed by atoms with E-state index in [1.165, 1.54) is 11.1 Å². The van der Waals surface area contributed by atoms with Gasteiger partial charge in [-0.3, -0.25) is 9.52 Å². The van der Waals surface area contributed by atoms with Crippen molar-refractivity contribution in [3.05, 3.63) is 70.3 Å². The minimum absolute atomic E-state index is 0.00954. The van der Waals surface area contributed by atoms with Crippen molar-refractivity contribution < 1.29 is 23.6 Å². The third-order valence-corrected chi connectivity index (χ3v) is 11.5. The van der Waals surface area contributed by atoms with Crippen LogP contribution < -0.4 is 14.4 Å². The molecule has 240 valence electrons. The largest absolute Gasteiger partial charge is 0.491 e. The molecule has 1 amide bonds. The van der Waals surface area contributed by atoms with Crippen LogP contribution in [0.3, 0.4) is 0 Å².